The Kier molecular flexibility index (Phi) is 3.38. The molecule has 0 spiro atoms. The summed E-state index contributed by atoms with van der Waals surface area (Å²) in [7, 11) is 1.85. The number of hydrogen-bond donors (Lipinski definition) is 2. The number of nitrogens with two attached hydrogens (primary N) is 1. The molecule has 0 radical (unpaired) electrons. The molecule has 6 heteroatoms. The number of benzene rings is 1. The number of aromatic nitrogens is 3. The number of carbonyl (C=O) groups is 1. The van der Waals surface area contributed by atoms with Gasteiger partial charge >= 0.3 is 0 Å². The van der Waals surface area contributed by atoms with Crippen LogP contribution in [0.1, 0.15) is 6.92 Å². The molecule has 0 aliphatic carbocycles. The summed E-state index contributed by atoms with van der Waals surface area (Å²) in [5.74, 6) is 0.459. The third-order valence-electron chi connectivity index (χ3n) is 2.55. The van der Waals surface area contributed by atoms with Crippen LogP contribution in [-0.2, 0) is 11.8 Å². The van der Waals surface area contributed by atoms with E-state index in [2.05, 4.69) is 15.5 Å². The highest BCUT2D eigenvalue weighted by Crippen LogP contribution is 2.25. The molecule has 0 saturated heterocycles. The topological polar surface area (TPSA) is 85.8 Å². The van der Waals surface area contributed by atoms with Crippen LogP contribution in [0.2, 0.25) is 0 Å². The molecule has 1 heterocycles. The highest BCUT2D eigenvalue weighted by Gasteiger charge is 2.13. The fourth-order valence-electron chi connectivity index (χ4n) is 1.56. The van der Waals surface area contributed by atoms with E-state index in [1.54, 1.807) is 17.8 Å². The molecule has 1 aromatic heterocycles. The van der Waals surface area contributed by atoms with Gasteiger partial charge in [0.05, 0.1) is 11.7 Å². The lowest BCUT2D eigenvalue weighted by atomic mass is 10.1. The van der Waals surface area contributed by atoms with Gasteiger partial charge in [-0.3, -0.25) is 4.79 Å². The van der Waals surface area contributed by atoms with Crippen molar-refractivity contribution in [2.24, 2.45) is 12.8 Å². The fourth-order valence-corrected chi connectivity index (χ4v) is 1.56. The lowest BCUT2D eigenvalue weighted by Gasteiger charge is -2.11. The van der Waals surface area contributed by atoms with Gasteiger partial charge in [-0.2, -0.15) is 0 Å². The van der Waals surface area contributed by atoms with Crippen LogP contribution in [0, 0.1) is 0 Å². The number of amides is 1. The van der Waals surface area contributed by atoms with Crippen LogP contribution in [0.5, 0.6) is 0 Å². The summed E-state index contributed by atoms with van der Waals surface area (Å²) in [6, 6.07) is 6.85. The van der Waals surface area contributed by atoms with Gasteiger partial charge in [-0.25, -0.2) is 0 Å². The maximum absolute atomic E-state index is 11.6. The van der Waals surface area contributed by atoms with E-state index in [-0.39, 0.29) is 5.91 Å². The number of hydrogen-bond acceptors (Lipinski definition) is 4. The van der Waals surface area contributed by atoms with Gasteiger partial charge in [-0.15, -0.1) is 10.2 Å². The van der Waals surface area contributed by atoms with Crippen molar-refractivity contribution in [3.8, 4) is 11.4 Å². The molecule has 1 aromatic carbocycles. The van der Waals surface area contributed by atoms with Crippen LogP contribution in [0.15, 0.2) is 30.6 Å². The average Bonchev–Trinajstić information content (AvgIpc) is 2.76. The van der Waals surface area contributed by atoms with E-state index in [4.69, 9.17) is 5.73 Å². The predicted molar refractivity (Wildman–Crippen MR) is 68.7 cm³/mol. The predicted octanol–water partition coefficient (Wildman–Crippen LogP) is 0.768. The molecule has 0 bridgehead atoms. The molecule has 18 heavy (non-hydrogen) atoms. The molecule has 0 saturated carbocycles. The van der Waals surface area contributed by atoms with Crippen molar-refractivity contribution in [1.82, 2.24) is 14.8 Å². The first-order valence-electron chi connectivity index (χ1n) is 5.59. The van der Waals surface area contributed by atoms with Gasteiger partial charge in [0.15, 0.2) is 5.82 Å². The van der Waals surface area contributed by atoms with Crippen LogP contribution < -0.4 is 11.1 Å². The zero-order valence-electron chi connectivity index (χ0n) is 10.3. The zero-order valence-corrected chi connectivity index (χ0v) is 10.3. The number of carbonyl (C=O) groups excluding carboxylic acids is 1. The SMILES string of the molecule is C[C@@H](N)C(=O)Nc1ccccc1-c1nncn1C. The number of anilines is 1. The van der Waals surface area contributed by atoms with Crippen molar-refractivity contribution < 1.29 is 4.79 Å². The Bertz CT molecular complexity index is 561. The van der Waals surface area contributed by atoms with Crippen molar-refractivity contribution in [3.63, 3.8) is 0 Å². The van der Waals surface area contributed by atoms with Crippen molar-refractivity contribution in [3.05, 3.63) is 30.6 Å². The zero-order chi connectivity index (χ0) is 13.1. The maximum atomic E-state index is 11.6. The molecular formula is C12H15N5O. The Morgan fingerprint density at radius 1 is 1.44 bits per heavy atom. The molecule has 0 unspecified atom stereocenters. The van der Waals surface area contributed by atoms with E-state index in [0.29, 0.717) is 11.5 Å². The summed E-state index contributed by atoms with van der Waals surface area (Å²) >= 11 is 0. The summed E-state index contributed by atoms with van der Waals surface area (Å²) in [6.45, 7) is 1.64. The van der Waals surface area contributed by atoms with Crippen molar-refractivity contribution in [2.45, 2.75) is 13.0 Å². The molecule has 0 aliphatic heterocycles. The standard InChI is InChI=1S/C12H15N5O/c1-8(13)12(18)15-10-6-4-3-5-9(10)11-16-14-7-17(11)2/h3-8H,13H2,1-2H3,(H,15,18)/t8-/m1/s1. The first-order valence-corrected chi connectivity index (χ1v) is 5.59. The minimum atomic E-state index is -0.558. The molecule has 0 fully saturated rings. The molecule has 3 N–H and O–H groups in total. The van der Waals surface area contributed by atoms with Crippen molar-refractivity contribution in [2.75, 3.05) is 5.32 Å². The molecule has 6 nitrogen and oxygen atoms in total. The minimum Gasteiger partial charge on any atom is -0.324 e. The Morgan fingerprint density at radius 3 is 2.78 bits per heavy atom. The van der Waals surface area contributed by atoms with Crippen molar-refractivity contribution in [1.29, 1.82) is 0 Å². The quantitative estimate of drug-likeness (QED) is 0.836. The van der Waals surface area contributed by atoms with Gasteiger partial charge in [0, 0.05) is 12.6 Å². The van der Waals surface area contributed by atoms with E-state index in [0.717, 1.165) is 5.56 Å². The second-order valence-corrected chi connectivity index (χ2v) is 4.09. The second-order valence-electron chi connectivity index (χ2n) is 4.09. The molecule has 2 aromatic rings. The Morgan fingerprint density at radius 2 is 2.17 bits per heavy atom. The summed E-state index contributed by atoms with van der Waals surface area (Å²) in [4.78, 5) is 11.6. The largest absolute Gasteiger partial charge is 0.324 e. The number of nitrogens with one attached hydrogen (secondary N) is 1. The van der Waals surface area contributed by atoms with Crippen LogP contribution >= 0.6 is 0 Å². The average molecular weight is 245 g/mol. The van der Waals surface area contributed by atoms with E-state index < -0.39 is 6.04 Å². The fraction of sp³-hybridized carbons (Fsp3) is 0.250. The minimum absolute atomic E-state index is 0.232. The third-order valence-corrected chi connectivity index (χ3v) is 2.55. The van der Waals surface area contributed by atoms with E-state index in [1.165, 1.54) is 0 Å². The highest BCUT2D eigenvalue weighted by atomic mass is 16.2. The number of nitrogens with zero attached hydrogens (tertiary/aromatic N) is 3. The van der Waals surface area contributed by atoms with Gasteiger partial charge in [0.25, 0.3) is 0 Å². The Hall–Kier alpha value is -2.21. The number of aryl methyl sites for hydroxylation is 1. The summed E-state index contributed by atoms with van der Waals surface area (Å²) in [5.41, 5.74) is 7.03. The Labute approximate surface area is 105 Å². The van der Waals surface area contributed by atoms with Crippen molar-refractivity contribution >= 4 is 11.6 Å². The van der Waals surface area contributed by atoms with Crippen LogP contribution in [0.25, 0.3) is 11.4 Å². The molecular weight excluding hydrogens is 230 g/mol. The lowest BCUT2D eigenvalue weighted by molar-refractivity contribution is -0.117. The molecule has 94 valence electrons. The molecule has 0 aliphatic rings. The normalized spacial score (nSPS) is 12.2. The van der Waals surface area contributed by atoms with E-state index >= 15 is 0 Å². The molecule has 1 amide bonds. The number of rotatable bonds is 3. The van der Waals surface area contributed by atoms with Crippen LogP contribution in [-0.4, -0.2) is 26.7 Å². The van der Waals surface area contributed by atoms with Crippen LogP contribution in [0.4, 0.5) is 5.69 Å². The first-order chi connectivity index (χ1) is 8.59. The second kappa shape index (κ2) is 4.97. The maximum Gasteiger partial charge on any atom is 0.241 e. The van der Waals surface area contributed by atoms with Gasteiger partial charge in [-0.05, 0) is 19.1 Å². The Balaban J connectivity index is 2.38. The summed E-state index contributed by atoms with van der Waals surface area (Å²) in [5, 5.41) is 10.6. The monoisotopic (exact) mass is 245 g/mol. The van der Waals surface area contributed by atoms with E-state index in [1.807, 2.05) is 31.3 Å². The first kappa shape index (κ1) is 12.3. The van der Waals surface area contributed by atoms with Gasteiger partial charge in [-0.1, -0.05) is 12.1 Å². The van der Waals surface area contributed by atoms with Gasteiger partial charge in [0.2, 0.25) is 5.91 Å². The van der Waals surface area contributed by atoms with Crippen LogP contribution in [0.3, 0.4) is 0 Å². The van der Waals surface area contributed by atoms with E-state index in [9.17, 15) is 4.79 Å². The van der Waals surface area contributed by atoms with Gasteiger partial charge in [0.1, 0.15) is 6.33 Å². The molecule has 2 rings (SSSR count). The highest BCUT2D eigenvalue weighted by molar-refractivity contribution is 5.97. The summed E-state index contributed by atoms with van der Waals surface area (Å²) in [6.07, 6.45) is 1.61. The smallest absolute Gasteiger partial charge is 0.241 e. The third kappa shape index (κ3) is 2.38. The summed E-state index contributed by atoms with van der Waals surface area (Å²) < 4.78 is 1.79. The lowest BCUT2D eigenvalue weighted by Crippen LogP contribution is -2.32. The molecule has 1 atom stereocenters. The van der Waals surface area contributed by atoms with Gasteiger partial charge < -0.3 is 15.6 Å². The number of para-hydroxylation sites is 1.